The van der Waals surface area contributed by atoms with Crippen LogP contribution in [0.1, 0.15) is 5.56 Å². The summed E-state index contributed by atoms with van der Waals surface area (Å²) in [5.41, 5.74) is 0.317. The van der Waals surface area contributed by atoms with Gasteiger partial charge in [-0.3, -0.25) is 4.79 Å². The van der Waals surface area contributed by atoms with Gasteiger partial charge in [0.2, 0.25) is 17.2 Å². The van der Waals surface area contributed by atoms with Crippen molar-refractivity contribution in [2.75, 3.05) is 35.5 Å². The molecule has 0 saturated heterocycles. The van der Waals surface area contributed by atoms with Crippen molar-refractivity contribution >= 4 is 5.97 Å². The van der Waals surface area contributed by atoms with Gasteiger partial charge in [-0.25, -0.2) is 0 Å². The van der Waals surface area contributed by atoms with Crippen molar-refractivity contribution in [2.45, 2.75) is 6.42 Å². The zero-order chi connectivity index (χ0) is 15.3. The highest BCUT2D eigenvalue weighted by molar-refractivity contribution is 5.78. The molecule has 0 atom stereocenters. The van der Waals surface area contributed by atoms with E-state index in [-0.39, 0.29) is 35.2 Å². The number of benzene rings is 1. The summed E-state index contributed by atoms with van der Waals surface area (Å²) in [6.45, 7) is 0. The second-order valence-electron chi connectivity index (χ2n) is 3.72. The van der Waals surface area contributed by atoms with Gasteiger partial charge in [0.25, 0.3) is 0 Å². The van der Waals surface area contributed by atoms with E-state index in [4.69, 9.17) is 28.8 Å². The summed E-state index contributed by atoms with van der Waals surface area (Å²) in [7, 11) is 7.12. The molecule has 0 aromatic heterocycles. The van der Waals surface area contributed by atoms with Crippen LogP contribution in [-0.2, 0) is 11.2 Å². The Hall–Kier alpha value is -2.31. The average molecular weight is 286 g/mol. The molecule has 0 aliphatic heterocycles. The first kappa shape index (κ1) is 15.7. The summed E-state index contributed by atoms with van der Waals surface area (Å²) in [4.78, 5) is 11.0. The lowest BCUT2D eigenvalue weighted by Crippen LogP contribution is -2.08. The van der Waals surface area contributed by atoms with Gasteiger partial charge in [-0.1, -0.05) is 0 Å². The molecule has 0 saturated carbocycles. The fourth-order valence-corrected chi connectivity index (χ4v) is 1.99. The molecule has 1 aromatic carbocycles. The Morgan fingerprint density at radius 3 is 1.30 bits per heavy atom. The Morgan fingerprint density at radius 1 is 0.750 bits per heavy atom. The van der Waals surface area contributed by atoms with E-state index >= 15 is 0 Å². The van der Waals surface area contributed by atoms with Gasteiger partial charge in [0.1, 0.15) is 0 Å². The van der Waals surface area contributed by atoms with Gasteiger partial charge >= 0.3 is 5.97 Å². The highest BCUT2D eigenvalue weighted by Crippen LogP contribution is 2.53. The van der Waals surface area contributed by atoms with Crippen molar-refractivity contribution in [3.63, 3.8) is 0 Å². The van der Waals surface area contributed by atoms with Gasteiger partial charge in [-0.15, -0.1) is 0 Å². The molecule has 1 N–H and O–H groups in total. The van der Waals surface area contributed by atoms with Crippen LogP contribution in [0.15, 0.2) is 0 Å². The predicted octanol–water partition coefficient (Wildman–Crippen LogP) is 1.36. The van der Waals surface area contributed by atoms with Crippen molar-refractivity contribution in [1.29, 1.82) is 0 Å². The Kier molecular flexibility index (Phi) is 5.31. The van der Waals surface area contributed by atoms with Crippen LogP contribution in [-0.4, -0.2) is 46.6 Å². The smallest absolute Gasteiger partial charge is 0.308 e. The predicted molar refractivity (Wildman–Crippen MR) is 70.5 cm³/mol. The molecule has 0 heterocycles. The second kappa shape index (κ2) is 6.74. The summed E-state index contributed by atoms with van der Waals surface area (Å²) in [6.07, 6.45) is -0.303. The highest BCUT2D eigenvalue weighted by atomic mass is 16.6. The van der Waals surface area contributed by atoms with Crippen LogP contribution in [0.3, 0.4) is 0 Å². The first-order valence-corrected chi connectivity index (χ1v) is 5.70. The maximum absolute atomic E-state index is 11.0. The van der Waals surface area contributed by atoms with Gasteiger partial charge in [0.15, 0.2) is 11.5 Å². The van der Waals surface area contributed by atoms with Crippen LogP contribution in [0.5, 0.6) is 28.7 Å². The lowest BCUT2D eigenvalue weighted by Gasteiger charge is -2.21. The molecule has 0 aliphatic rings. The first-order chi connectivity index (χ1) is 9.55. The molecule has 0 fully saturated rings. The summed E-state index contributed by atoms with van der Waals surface area (Å²) in [6, 6.07) is 0. The van der Waals surface area contributed by atoms with Gasteiger partial charge in [0, 0.05) is 0 Å². The fourth-order valence-electron chi connectivity index (χ4n) is 1.99. The lowest BCUT2D eigenvalue weighted by atomic mass is 10.1. The zero-order valence-corrected chi connectivity index (χ0v) is 12.1. The molecule has 7 nitrogen and oxygen atoms in total. The molecule has 7 heteroatoms. The summed E-state index contributed by atoms with van der Waals surface area (Å²) in [5.74, 6) is 0.232. The Morgan fingerprint density at radius 2 is 1.05 bits per heavy atom. The fraction of sp³-hybridized carbons (Fsp3) is 0.462. The third-order valence-electron chi connectivity index (χ3n) is 2.72. The molecule has 0 radical (unpaired) electrons. The standard InChI is InChI=1S/C13H18O7/c1-16-9-7(6-8(14)15)10(17-2)12(19-4)13(20-5)11(9)18-3/h6H2,1-5H3,(H,14,15). The number of rotatable bonds is 7. The highest BCUT2D eigenvalue weighted by Gasteiger charge is 2.29. The third kappa shape index (κ3) is 2.66. The molecule has 0 spiro atoms. The zero-order valence-electron chi connectivity index (χ0n) is 12.1. The quantitative estimate of drug-likeness (QED) is 0.810. The number of carbonyl (C=O) groups is 1. The summed E-state index contributed by atoms with van der Waals surface area (Å²) < 4.78 is 26.2. The largest absolute Gasteiger partial charge is 0.492 e. The van der Waals surface area contributed by atoms with E-state index in [1.54, 1.807) is 0 Å². The topological polar surface area (TPSA) is 83.5 Å². The van der Waals surface area contributed by atoms with Crippen LogP contribution in [0.2, 0.25) is 0 Å². The van der Waals surface area contributed by atoms with E-state index in [9.17, 15) is 4.79 Å². The number of hydrogen-bond donors (Lipinski definition) is 1. The van der Waals surface area contributed by atoms with Crippen molar-refractivity contribution in [1.82, 2.24) is 0 Å². The van der Waals surface area contributed by atoms with Crippen molar-refractivity contribution in [3.05, 3.63) is 5.56 Å². The van der Waals surface area contributed by atoms with E-state index in [2.05, 4.69) is 0 Å². The molecule has 0 aliphatic carbocycles. The Labute approximate surface area is 117 Å². The summed E-state index contributed by atoms with van der Waals surface area (Å²) in [5, 5.41) is 9.04. The molecule has 112 valence electrons. The summed E-state index contributed by atoms with van der Waals surface area (Å²) >= 11 is 0. The van der Waals surface area contributed by atoms with E-state index in [1.165, 1.54) is 35.5 Å². The molecule has 1 aromatic rings. The second-order valence-corrected chi connectivity index (χ2v) is 3.72. The van der Waals surface area contributed by atoms with Crippen molar-refractivity contribution < 1.29 is 33.6 Å². The SMILES string of the molecule is COc1c(CC(=O)O)c(OC)c(OC)c(OC)c1OC. The molecular weight excluding hydrogens is 268 g/mol. The van der Waals surface area contributed by atoms with Crippen LogP contribution in [0.4, 0.5) is 0 Å². The molecule has 0 amide bonds. The molecule has 20 heavy (non-hydrogen) atoms. The van der Waals surface area contributed by atoms with Gasteiger partial charge in [-0.05, 0) is 0 Å². The lowest BCUT2D eigenvalue weighted by molar-refractivity contribution is -0.136. The molecular formula is C13H18O7. The van der Waals surface area contributed by atoms with E-state index < -0.39 is 5.97 Å². The van der Waals surface area contributed by atoms with Crippen LogP contribution >= 0.6 is 0 Å². The number of carboxylic acid groups (broad SMARTS) is 1. The van der Waals surface area contributed by atoms with E-state index in [0.717, 1.165) is 0 Å². The third-order valence-corrected chi connectivity index (χ3v) is 2.72. The van der Waals surface area contributed by atoms with Crippen molar-refractivity contribution in [3.8, 4) is 28.7 Å². The maximum Gasteiger partial charge on any atom is 0.308 e. The van der Waals surface area contributed by atoms with Gasteiger partial charge in [-0.2, -0.15) is 0 Å². The normalized spacial score (nSPS) is 9.85. The maximum atomic E-state index is 11.0. The minimum Gasteiger partial charge on any atom is -0.492 e. The number of carboxylic acids is 1. The molecule has 1 rings (SSSR count). The number of aliphatic carboxylic acids is 1. The van der Waals surface area contributed by atoms with Gasteiger partial charge in [0.05, 0.1) is 47.5 Å². The van der Waals surface area contributed by atoms with E-state index in [0.29, 0.717) is 5.56 Å². The monoisotopic (exact) mass is 286 g/mol. The van der Waals surface area contributed by atoms with Crippen LogP contribution in [0.25, 0.3) is 0 Å². The van der Waals surface area contributed by atoms with Crippen LogP contribution < -0.4 is 23.7 Å². The Balaban J connectivity index is 3.74. The number of ether oxygens (including phenoxy) is 5. The number of methoxy groups -OCH3 is 5. The number of hydrogen-bond acceptors (Lipinski definition) is 6. The van der Waals surface area contributed by atoms with Crippen LogP contribution in [0, 0.1) is 0 Å². The molecule has 0 unspecified atom stereocenters. The van der Waals surface area contributed by atoms with E-state index in [1.807, 2.05) is 0 Å². The minimum atomic E-state index is -1.03. The minimum absolute atomic E-state index is 0.240. The first-order valence-electron chi connectivity index (χ1n) is 5.70. The van der Waals surface area contributed by atoms with Crippen molar-refractivity contribution in [2.24, 2.45) is 0 Å². The molecule has 0 bridgehead atoms. The average Bonchev–Trinajstić information content (AvgIpc) is 2.44. The van der Waals surface area contributed by atoms with Gasteiger partial charge < -0.3 is 28.8 Å². The Bertz CT molecular complexity index is 463.